The summed E-state index contributed by atoms with van der Waals surface area (Å²) in [5, 5.41) is 13.3. The van der Waals surface area contributed by atoms with Gasteiger partial charge in [-0.2, -0.15) is 0 Å². The van der Waals surface area contributed by atoms with Gasteiger partial charge in [0.1, 0.15) is 11.7 Å². The Morgan fingerprint density at radius 3 is 2.43 bits per heavy atom. The first kappa shape index (κ1) is 15.3. The van der Waals surface area contributed by atoms with Gasteiger partial charge >= 0.3 is 6.03 Å². The molecule has 1 aromatic rings. The predicted molar refractivity (Wildman–Crippen MR) is 80.8 cm³/mol. The third-order valence-electron chi connectivity index (χ3n) is 4.10. The molecule has 0 radical (unpaired) electrons. The Hall–Kier alpha value is -2.11. The minimum absolute atomic E-state index is 0.0105. The summed E-state index contributed by atoms with van der Waals surface area (Å²) in [5.74, 6) is 0.213. The number of halogens is 1. The number of rotatable bonds is 3. The maximum absolute atomic E-state index is 12.8. The molecule has 1 aliphatic carbocycles. The van der Waals surface area contributed by atoms with E-state index < -0.39 is 11.6 Å². The zero-order chi connectivity index (χ0) is 15.5. The predicted octanol–water partition coefficient (Wildman–Crippen LogP) is 2.83. The van der Waals surface area contributed by atoms with Gasteiger partial charge in [-0.3, -0.25) is 5.41 Å². The maximum atomic E-state index is 12.8. The monoisotopic (exact) mass is 292 g/mol. The quantitative estimate of drug-likeness (QED) is 0.509. The third-order valence-corrected chi connectivity index (χ3v) is 4.10. The average Bonchev–Trinajstić information content (AvgIpc) is 2.44. The molecule has 0 heterocycles. The highest BCUT2D eigenvalue weighted by molar-refractivity contribution is 5.96. The normalized spacial score (nSPS) is 25.1. The van der Waals surface area contributed by atoms with Crippen molar-refractivity contribution < 1.29 is 9.18 Å². The Kier molecular flexibility index (Phi) is 4.45. The highest BCUT2D eigenvalue weighted by Crippen LogP contribution is 2.31. The number of hydrogen-bond acceptors (Lipinski definition) is 2. The van der Waals surface area contributed by atoms with E-state index in [9.17, 15) is 9.18 Å². The molecule has 1 aromatic carbocycles. The van der Waals surface area contributed by atoms with Crippen molar-refractivity contribution in [3.8, 4) is 0 Å². The summed E-state index contributed by atoms with van der Waals surface area (Å²) >= 11 is 0. The molecule has 0 spiro atoms. The lowest BCUT2D eigenvalue weighted by molar-refractivity contribution is 0.225. The highest BCUT2D eigenvalue weighted by Gasteiger charge is 2.38. The summed E-state index contributed by atoms with van der Waals surface area (Å²) in [7, 11) is 0. The van der Waals surface area contributed by atoms with Gasteiger partial charge in [-0.15, -0.1) is 0 Å². The number of benzene rings is 1. The number of anilines is 1. The van der Waals surface area contributed by atoms with Gasteiger partial charge in [0.25, 0.3) is 0 Å². The van der Waals surface area contributed by atoms with Crippen molar-refractivity contribution >= 4 is 17.6 Å². The van der Waals surface area contributed by atoms with Gasteiger partial charge < -0.3 is 16.4 Å². The minimum atomic E-state index is -0.767. The summed E-state index contributed by atoms with van der Waals surface area (Å²) < 4.78 is 12.8. The second kappa shape index (κ2) is 6.11. The Bertz CT molecular complexity index is 521. The smallest absolute Gasteiger partial charge is 0.320 e. The lowest BCUT2D eigenvalue weighted by atomic mass is 9.76. The number of carbonyl (C=O) groups excluding carboxylic acids is 1. The van der Waals surface area contributed by atoms with Crippen LogP contribution in [0, 0.1) is 17.1 Å². The molecule has 0 saturated heterocycles. The lowest BCUT2D eigenvalue weighted by Crippen LogP contribution is -2.59. The number of amides is 2. The van der Waals surface area contributed by atoms with Gasteiger partial charge in [0, 0.05) is 5.69 Å². The Balaban J connectivity index is 2.02. The van der Waals surface area contributed by atoms with Crippen LogP contribution in [0.1, 0.15) is 32.6 Å². The molecule has 2 rings (SSSR count). The minimum Gasteiger partial charge on any atom is -0.386 e. The second-order valence-corrected chi connectivity index (χ2v) is 5.76. The van der Waals surface area contributed by atoms with E-state index in [-0.39, 0.29) is 11.7 Å². The number of urea groups is 1. The van der Waals surface area contributed by atoms with E-state index in [1.807, 2.05) is 0 Å². The van der Waals surface area contributed by atoms with Crippen molar-refractivity contribution in [2.24, 2.45) is 11.7 Å². The van der Waals surface area contributed by atoms with Crippen LogP contribution in [0.25, 0.3) is 0 Å². The van der Waals surface area contributed by atoms with E-state index in [1.165, 1.54) is 24.3 Å². The molecular formula is C15H21FN4O. The van der Waals surface area contributed by atoms with Crippen molar-refractivity contribution in [3.63, 3.8) is 0 Å². The van der Waals surface area contributed by atoms with E-state index >= 15 is 0 Å². The number of hydrogen-bond donors (Lipinski definition) is 4. The first-order valence-electron chi connectivity index (χ1n) is 7.10. The van der Waals surface area contributed by atoms with Crippen LogP contribution < -0.4 is 16.4 Å². The van der Waals surface area contributed by atoms with Crippen LogP contribution in [0.4, 0.5) is 14.9 Å². The zero-order valence-corrected chi connectivity index (χ0v) is 12.1. The SMILES string of the molecule is CC1CCC(NC(=O)Nc2ccc(F)cc2)(C(=N)N)CC1. The number of carbonyl (C=O) groups is 1. The Labute approximate surface area is 123 Å². The van der Waals surface area contributed by atoms with Gasteiger partial charge in [-0.1, -0.05) is 6.92 Å². The standard InChI is InChI=1S/C15H21FN4O/c1-10-6-8-15(9-7-10,13(17)18)20-14(21)19-12-4-2-11(16)3-5-12/h2-5,10H,6-9H2,1H3,(H3,17,18)(H2,19,20,21). The third kappa shape index (κ3) is 3.71. The number of nitrogens with one attached hydrogen (secondary N) is 3. The number of amidine groups is 1. The van der Waals surface area contributed by atoms with Crippen LogP contribution in [0.2, 0.25) is 0 Å². The molecule has 1 saturated carbocycles. The van der Waals surface area contributed by atoms with Crippen LogP contribution in [-0.4, -0.2) is 17.4 Å². The summed E-state index contributed by atoms with van der Waals surface area (Å²) in [6.07, 6.45) is 3.19. The molecular weight excluding hydrogens is 271 g/mol. The zero-order valence-electron chi connectivity index (χ0n) is 12.1. The number of nitrogens with two attached hydrogens (primary N) is 1. The summed E-state index contributed by atoms with van der Waals surface area (Å²) in [4.78, 5) is 12.1. The van der Waals surface area contributed by atoms with Crippen LogP contribution in [0.15, 0.2) is 24.3 Å². The van der Waals surface area contributed by atoms with Crippen LogP contribution >= 0.6 is 0 Å². The fourth-order valence-corrected chi connectivity index (χ4v) is 2.63. The van der Waals surface area contributed by atoms with Crippen molar-refractivity contribution in [2.75, 3.05) is 5.32 Å². The van der Waals surface area contributed by atoms with Crippen molar-refractivity contribution in [1.29, 1.82) is 5.41 Å². The van der Waals surface area contributed by atoms with E-state index in [4.69, 9.17) is 11.1 Å². The first-order valence-corrected chi connectivity index (χ1v) is 7.10. The molecule has 6 heteroatoms. The molecule has 114 valence electrons. The molecule has 0 aliphatic heterocycles. The van der Waals surface area contributed by atoms with Gasteiger partial charge in [-0.05, 0) is 55.9 Å². The Morgan fingerprint density at radius 1 is 1.33 bits per heavy atom. The molecule has 5 nitrogen and oxygen atoms in total. The second-order valence-electron chi connectivity index (χ2n) is 5.76. The largest absolute Gasteiger partial charge is 0.386 e. The van der Waals surface area contributed by atoms with Crippen LogP contribution in [-0.2, 0) is 0 Å². The fraction of sp³-hybridized carbons (Fsp3) is 0.467. The summed E-state index contributed by atoms with van der Waals surface area (Å²) in [6.45, 7) is 2.16. The van der Waals surface area contributed by atoms with E-state index in [0.29, 0.717) is 24.4 Å². The van der Waals surface area contributed by atoms with Crippen LogP contribution in [0.5, 0.6) is 0 Å². The molecule has 1 fully saturated rings. The molecule has 2 amide bonds. The molecule has 0 aromatic heterocycles. The summed E-state index contributed by atoms with van der Waals surface area (Å²) in [6, 6.07) is 5.10. The Morgan fingerprint density at radius 2 is 1.90 bits per heavy atom. The lowest BCUT2D eigenvalue weighted by Gasteiger charge is -2.39. The van der Waals surface area contributed by atoms with E-state index in [1.54, 1.807) is 0 Å². The molecule has 0 unspecified atom stereocenters. The van der Waals surface area contributed by atoms with Crippen molar-refractivity contribution in [1.82, 2.24) is 5.32 Å². The molecule has 21 heavy (non-hydrogen) atoms. The van der Waals surface area contributed by atoms with E-state index in [0.717, 1.165) is 12.8 Å². The topological polar surface area (TPSA) is 91.0 Å². The fourth-order valence-electron chi connectivity index (χ4n) is 2.63. The van der Waals surface area contributed by atoms with Crippen molar-refractivity contribution in [3.05, 3.63) is 30.1 Å². The summed E-state index contributed by atoms with van der Waals surface area (Å²) in [5.41, 5.74) is 5.43. The molecule has 5 N–H and O–H groups in total. The molecule has 1 aliphatic rings. The highest BCUT2D eigenvalue weighted by atomic mass is 19.1. The maximum Gasteiger partial charge on any atom is 0.320 e. The molecule has 0 bridgehead atoms. The average molecular weight is 292 g/mol. The first-order chi connectivity index (χ1) is 9.91. The van der Waals surface area contributed by atoms with E-state index in [2.05, 4.69) is 17.6 Å². The molecule has 0 atom stereocenters. The van der Waals surface area contributed by atoms with Gasteiger partial charge in [0.15, 0.2) is 0 Å². The van der Waals surface area contributed by atoms with Gasteiger partial charge in [0.2, 0.25) is 0 Å². The van der Waals surface area contributed by atoms with Crippen molar-refractivity contribution in [2.45, 2.75) is 38.1 Å². The van der Waals surface area contributed by atoms with Crippen LogP contribution in [0.3, 0.4) is 0 Å². The van der Waals surface area contributed by atoms with Gasteiger partial charge in [0.05, 0.1) is 5.54 Å². The van der Waals surface area contributed by atoms with Gasteiger partial charge in [-0.25, -0.2) is 9.18 Å².